The lowest BCUT2D eigenvalue weighted by Gasteiger charge is -2.25. The average Bonchev–Trinajstić information content (AvgIpc) is 2.65. The van der Waals surface area contributed by atoms with E-state index in [1.165, 1.54) is 12.8 Å². The van der Waals surface area contributed by atoms with E-state index in [1.54, 1.807) is 0 Å². The highest BCUT2D eigenvalue weighted by atomic mass is 16.3. The van der Waals surface area contributed by atoms with Gasteiger partial charge in [-0.1, -0.05) is 65.5 Å². The van der Waals surface area contributed by atoms with Crippen LogP contribution in [0.1, 0.15) is 84.3 Å². The van der Waals surface area contributed by atoms with Crippen LogP contribution in [0.3, 0.4) is 0 Å². The lowest BCUT2D eigenvalue weighted by atomic mass is 9.89. The Hall–Kier alpha value is -1.06. The molecule has 144 valence electrons. The van der Waals surface area contributed by atoms with Crippen molar-refractivity contribution in [3.05, 3.63) is 29.8 Å². The highest BCUT2D eigenvalue weighted by molar-refractivity contribution is 5.47. The van der Waals surface area contributed by atoms with E-state index in [9.17, 15) is 10.2 Å². The van der Waals surface area contributed by atoms with Crippen molar-refractivity contribution in [3.63, 3.8) is 0 Å². The van der Waals surface area contributed by atoms with Crippen LogP contribution in [0, 0.1) is 11.8 Å². The van der Waals surface area contributed by atoms with Gasteiger partial charge in [-0.05, 0) is 48.8 Å². The smallest absolute Gasteiger partial charge is 0.0818 e. The van der Waals surface area contributed by atoms with Gasteiger partial charge >= 0.3 is 0 Å². The first kappa shape index (κ1) is 22.0. The van der Waals surface area contributed by atoms with E-state index in [2.05, 4.69) is 45.1 Å². The Labute approximate surface area is 154 Å². The van der Waals surface area contributed by atoms with Crippen LogP contribution in [-0.4, -0.2) is 22.9 Å². The summed E-state index contributed by atoms with van der Waals surface area (Å²) in [6.07, 6.45) is 7.05. The summed E-state index contributed by atoms with van der Waals surface area (Å²) in [7, 11) is 0. The molecular weight excluding hydrogens is 310 g/mol. The second-order valence-electron chi connectivity index (χ2n) is 7.32. The molecule has 3 heteroatoms. The molecule has 0 aliphatic carbocycles. The summed E-state index contributed by atoms with van der Waals surface area (Å²) < 4.78 is 0. The van der Waals surface area contributed by atoms with Crippen LogP contribution in [0.15, 0.2) is 24.3 Å². The van der Waals surface area contributed by atoms with Crippen LogP contribution in [0.4, 0.5) is 5.69 Å². The number of hydrogen-bond donors (Lipinski definition) is 3. The van der Waals surface area contributed by atoms with Gasteiger partial charge in [0.1, 0.15) is 0 Å². The Morgan fingerprint density at radius 3 is 2.36 bits per heavy atom. The highest BCUT2D eigenvalue weighted by Gasteiger charge is 2.19. The largest absolute Gasteiger partial charge is 0.396 e. The predicted octanol–water partition coefficient (Wildman–Crippen LogP) is 5.54. The molecule has 0 aromatic heterocycles. The monoisotopic (exact) mass is 349 g/mol. The Balaban J connectivity index is 2.78. The summed E-state index contributed by atoms with van der Waals surface area (Å²) in [5.41, 5.74) is 2.08. The third kappa shape index (κ3) is 7.37. The number of hydrogen-bond acceptors (Lipinski definition) is 3. The lowest BCUT2D eigenvalue weighted by Crippen LogP contribution is -2.23. The lowest BCUT2D eigenvalue weighted by molar-refractivity contribution is 0.0990. The summed E-state index contributed by atoms with van der Waals surface area (Å²) in [5, 5.41) is 23.8. The number of aliphatic hydroxyl groups is 2. The van der Waals surface area contributed by atoms with Gasteiger partial charge in [-0.15, -0.1) is 0 Å². The van der Waals surface area contributed by atoms with Crippen LogP contribution >= 0.6 is 0 Å². The molecule has 1 rings (SSSR count). The number of aliphatic hydroxyl groups excluding tert-OH is 2. The molecule has 25 heavy (non-hydrogen) atoms. The maximum atomic E-state index is 10.8. The topological polar surface area (TPSA) is 52.5 Å². The molecule has 0 radical (unpaired) electrons. The van der Waals surface area contributed by atoms with E-state index in [0.717, 1.165) is 43.4 Å². The van der Waals surface area contributed by atoms with Crippen molar-refractivity contribution in [2.24, 2.45) is 11.8 Å². The molecule has 0 bridgehead atoms. The van der Waals surface area contributed by atoms with Crippen molar-refractivity contribution in [3.8, 4) is 0 Å². The molecule has 0 spiro atoms. The van der Waals surface area contributed by atoms with Crippen molar-refractivity contribution >= 4 is 5.69 Å². The molecule has 0 heterocycles. The van der Waals surface area contributed by atoms with E-state index >= 15 is 0 Å². The minimum atomic E-state index is -0.390. The molecule has 0 amide bonds. The molecule has 0 aliphatic heterocycles. The molecule has 0 aliphatic rings. The molecular formula is C22H39NO2. The van der Waals surface area contributed by atoms with Gasteiger partial charge in [-0.25, -0.2) is 0 Å². The highest BCUT2D eigenvalue weighted by Crippen LogP contribution is 2.30. The van der Waals surface area contributed by atoms with Crippen LogP contribution < -0.4 is 5.32 Å². The van der Waals surface area contributed by atoms with Gasteiger partial charge in [0.05, 0.1) is 6.10 Å². The third-order valence-corrected chi connectivity index (χ3v) is 5.44. The Morgan fingerprint density at radius 2 is 1.80 bits per heavy atom. The van der Waals surface area contributed by atoms with Gasteiger partial charge in [0.25, 0.3) is 0 Å². The first-order chi connectivity index (χ1) is 12.1. The van der Waals surface area contributed by atoms with E-state index in [0.29, 0.717) is 17.9 Å². The standard InChI is InChI=1S/C22H39NO2/c1-5-9-11-18(7-3)22(25)19-12-10-13-21(15-19)23-20(8-4)14-17(6-2)16-24/h10,12-13,15,17-18,20,22-25H,5-9,11,14,16H2,1-4H3. The molecule has 1 aromatic carbocycles. The number of anilines is 1. The molecule has 0 fully saturated rings. The van der Waals surface area contributed by atoms with Crippen LogP contribution in [0.2, 0.25) is 0 Å². The Morgan fingerprint density at radius 1 is 1.04 bits per heavy atom. The predicted molar refractivity (Wildman–Crippen MR) is 108 cm³/mol. The van der Waals surface area contributed by atoms with Gasteiger partial charge in [0.2, 0.25) is 0 Å². The Bertz CT molecular complexity index is 459. The van der Waals surface area contributed by atoms with E-state index in [-0.39, 0.29) is 12.7 Å². The van der Waals surface area contributed by atoms with Gasteiger partial charge in [0.15, 0.2) is 0 Å². The fourth-order valence-electron chi connectivity index (χ4n) is 3.47. The molecule has 4 atom stereocenters. The van der Waals surface area contributed by atoms with E-state index in [4.69, 9.17) is 0 Å². The average molecular weight is 350 g/mol. The van der Waals surface area contributed by atoms with E-state index in [1.807, 2.05) is 12.1 Å². The maximum Gasteiger partial charge on any atom is 0.0818 e. The first-order valence-corrected chi connectivity index (χ1v) is 10.2. The zero-order valence-corrected chi connectivity index (χ0v) is 16.7. The number of benzene rings is 1. The summed E-state index contributed by atoms with van der Waals surface area (Å²) >= 11 is 0. The Kier molecular flexibility index (Phi) is 10.8. The second-order valence-corrected chi connectivity index (χ2v) is 7.32. The zero-order chi connectivity index (χ0) is 18.7. The van der Waals surface area contributed by atoms with Crippen molar-refractivity contribution in [2.75, 3.05) is 11.9 Å². The zero-order valence-electron chi connectivity index (χ0n) is 16.7. The quantitative estimate of drug-likeness (QED) is 0.438. The fraction of sp³-hybridized carbons (Fsp3) is 0.727. The molecule has 4 unspecified atom stereocenters. The molecule has 0 saturated heterocycles. The van der Waals surface area contributed by atoms with Gasteiger partial charge in [-0.2, -0.15) is 0 Å². The van der Waals surface area contributed by atoms with Crippen LogP contribution in [0.5, 0.6) is 0 Å². The van der Waals surface area contributed by atoms with Gasteiger partial charge in [0, 0.05) is 18.3 Å². The third-order valence-electron chi connectivity index (χ3n) is 5.44. The van der Waals surface area contributed by atoms with Crippen LogP contribution in [-0.2, 0) is 0 Å². The van der Waals surface area contributed by atoms with Crippen molar-refractivity contribution in [1.82, 2.24) is 0 Å². The minimum absolute atomic E-state index is 0.253. The van der Waals surface area contributed by atoms with Gasteiger partial charge in [-0.3, -0.25) is 0 Å². The molecule has 3 nitrogen and oxygen atoms in total. The number of nitrogens with one attached hydrogen (secondary N) is 1. The summed E-state index contributed by atoms with van der Waals surface area (Å²) in [6.45, 7) is 8.93. The van der Waals surface area contributed by atoms with Crippen molar-refractivity contribution in [2.45, 2.75) is 84.8 Å². The van der Waals surface area contributed by atoms with Crippen molar-refractivity contribution < 1.29 is 10.2 Å². The summed E-state index contributed by atoms with van der Waals surface area (Å²) in [5.74, 6) is 0.681. The first-order valence-electron chi connectivity index (χ1n) is 10.2. The van der Waals surface area contributed by atoms with Crippen LogP contribution in [0.25, 0.3) is 0 Å². The molecule has 3 N–H and O–H groups in total. The molecule has 1 aromatic rings. The number of rotatable bonds is 13. The minimum Gasteiger partial charge on any atom is -0.396 e. The summed E-state index contributed by atoms with van der Waals surface area (Å²) in [4.78, 5) is 0. The normalized spacial score (nSPS) is 16.2. The molecule has 0 saturated carbocycles. The second kappa shape index (κ2) is 12.3. The summed E-state index contributed by atoms with van der Waals surface area (Å²) in [6, 6.07) is 8.59. The fourth-order valence-corrected chi connectivity index (χ4v) is 3.47. The SMILES string of the molecule is CCCCC(CC)C(O)c1cccc(NC(CC)CC(CC)CO)c1. The van der Waals surface area contributed by atoms with Crippen molar-refractivity contribution in [1.29, 1.82) is 0 Å². The number of unbranched alkanes of at least 4 members (excludes halogenated alkanes) is 1. The maximum absolute atomic E-state index is 10.8. The van der Waals surface area contributed by atoms with E-state index < -0.39 is 0 Å². The van der Waals surface area contributed by atoms with Gasteiger partial charge < -0.3 is 15.5 Å².